The van der Waals surface area contributed by atoms with Gasteiger partial charge in [0.05, 0.1) is 5.56 Å². The Kier molecular flexibility index (Phi) is 4.79. The minimum atomic E-state index is -0.547. The molecule has 0 atom stereocenters. The molecule has 0 unspecified atom stereocenters. The average Bonchev–Trinajstić information content (AvgIpc) is 3.14. The number of hydrogen-bond donors (Lipinski definition) is 2. The summed E-state index contributed by atoms with van der Waals surface area (Å²) in [6.07, 6.45) is 5.03. The summed E-state index contributed by atoms with van der Waals surface area (Å²) >= 11 is 4.63. The standard InChI is InChI=1S/C17H17BrN6O3S/c1-23-15-12(13(18)22-23)17(27)24(7-20-15)6-10(25)21-16-11(14(19)26)8-4-2-3-5-9(8)28-16/h7H,2-6H2,1H3,(H2,19,26)(H,21,25). The molecule has 2 amide bonds. The van der Waals surface area contributed by atoms with Crippen LogP contribution in [0.2, 0.25) is 0 Å². The Bertz CT molecular complexity index is 1180. The number of amides is 2. The van der Waals surface area contributed by atoms with Gasteiger partial charge in [0, 0.05) is 11.9 Å². The van der Waals surface area contributed by atoms with Crippen LogP contribution in [0.3, 0.4) is 0 Å². The van der Waals surface area contributed by atoms with Gasteiger partial charge in [0.25, 0.3) is 11.5 Å². The summed E-state index contributed by atoms with van der Waals surface area (Å²) in [6.45, 7) is -0.232. The van der Waals surface area contributed by atoms with Crippen LogP contribution in [0.1, 0.15) is 33.6 Å². The zero-order valence-corrected chi connectivity index (χ0v) is 17.4. The number of aryl methyl sites for hydroxylation is 2. The van der Waals surface area contributed by atoms with Crippen molar-refractivity contribution < 1.29 is 9.59 Å². The first kappa shape index (κ1) is 18.8. The van der Waals surface area contributed by atoms with E-state index in [1.54, 1.807) is 7.05 Å². The summed E-state index contributed by atoms with van der Waals surface area (Å²) in [4.78, 5) is 42.5. The van der Waals surface area contributed by atoms with E-state index >= 15 is 0 Å². The van der Waals surface area contributed by atoms with Crippen molar-refractivity contribution in [2.24, 2.45) is 12.8 Å². The summed E-state index contributed by atoms with van der Waals surface area (Å²) in [6, 6.07) is 0. The van der Waals surface area contributed by atoms with Crippen LogP contribution in [0.15, 0.2) is 15.7 Å². The van der Waals surface area contributed by atoms with Gasteiger partial charge in [0.2, 0.25) is 5.91 Å². The lowest BCUT2D eigenvalue weighted by molar-refractivity contribution is -0.116. The van der Waals surface area contributed by atoms with Crippen molar-refractivity contribution in [1.29, 1.82) is 0 Å². The molecule has 146 valence electrons. The fourth-order valence-electron chi connectivity index (χ4n) is 3.48. The van der Waals surface area contributed by atoms with Crippen LogP contribution < -0.4 is 16.6 Å². The highest BCUT2D eigenvalue weighted by atomic mass is 79.9. The molecule has 0 spiro atoms. The molecule has 1 aliphatic rings. The Morgan fingerprint density at radius 3 is 2.86 bits per heavy atom. The number of nitrogens with zero attached hydrogens (tertiary/aromatic N) is 4. The lowest BCUT2D eigenvalue weighted by Crippen LogP contribution is -2.28. The molecule has 11 heteroatoms. The van der Waals surface area contributed by atoms with Crippen molar-refractivity contribution in [2.75, 3.05) is 5.32 Å². The number of carbonyl (C=O) groups is 2. The molecule has 0 aliphatic heterocycles. The summed E-state index contributed by atoms with van der Waals surface area (Å²) in [5.41, 5.74) is 6.94. The van der Waals surface area contributed by atoms with Crippen LogP contribution in [0.25, 0.3) is 11.0 Å². The second-order valence-electron chi connectivity index (χ2n) is 6.62. The van der Waals surface area contributed by atoms with Gasteiger partial charge in [0.15, 0.2) is 5.65 Å². The molecule has 3 aromatic heterocycles. The zero-order chi connectivity index (χ0) is 20.0. The van der Waals surface area contributed by atoms with E-state index in [1.807, 2.05) is 0 Å². The molecule has 0 saturated heterocycles. The minimum absolute atomic E-state index is 0.232. The maximum atomic E-state index is 12.7. The molecular formula is C17H17BrN6O3S. The maximum absolute atomic E-state index is 12.7. The number of carbonyl (C=O) groups excluding carboxylic acids is 2. The molecule has 3 heterocycles. The Morgan fingerprint density at radius 1 is 1.36 bits per heavy atom. The highest BCUT2D eigenvalue weighted by molar-refractivity contribution is 9.10. The normalized spacial score (nSPS) is 13.5. The molecule has 9 nitrogen and oxygen atoms in total. The van der Waals surface area contributed by atoms with Crippen molar-refractivity contribution >= 4 is 55.1 Å². The molecule has 3 N–H and O–H groups in total. The van der Waals surface area contributed by atoms with E-state index in [9.17, 15) is 14.4 Å². The second-order valence-corrected chi connectivity index (χ2v) is 8.47. The zero-order valence-electron chi connectivity index (χ0n) is 15.0. The molecule has 0 aromatic carbocycles. The van der Waals surface area contributed by atoms with Crippen molar-refractivity contribution in [2.45, 2.75) is 32.2 Å². The largest absolute Gasteiger partial charge is 0.365 e. The predicted molar refractivity (Wildman–Crippen MR) is 109 cm³/mol. The number of nitrogens with two attached hydrogens (primary N) is 1. The number of thiophene rings is 1. The third-order valence-corrected chi connectivity index (χ3v) is 6.52. The Balaban J connectivity index is 1.62. The van der Waals surface area contributed by atoms with Gasteiger partial charge >= 0.3 is 0 Å². The topological polar surface area (TPSA) is 125 Å². The molecule has 0 saturated carbocycles. The predicted octanol–water partition coefficient (Wildman–Crippen LogP) is 1.57. The maximum Gasteiger partial charge on any atom is 0.266 e. The minimum Gasteiger partial charge on any atom is -0.365 e. The SMILES string of the molecule is Cn1nc(Br)c2c(=O)n(CC(=O)Nc3sc4c(c3C(N)=O)CCCC4)cnc21. The van der Waals surface area contributed by atoms with Gasteiger partial charge in [-0.2, -0.15) is 5.10 Å². The molecule has 3 aromatic rings. The van der Waals surface area contributed by atoms with Crippen LogP contribution in [-0.2, 0) is 31.2 Å². The van der Waals surface area contributed by atoms with Crippen LogP contribution in [-0.4, -0.2) is 31.1 Å². The molecule has 1 aliphatic carbocycles. The quantitative estimate of drug-likeness (QED) is 0.605. The molecule has 4 rings (SSSR count). The van der Waals surface area contributed by atoms with Crippen molar-refractivity contribution in [3.8, 4) is 0 Å². The highest BCUT2D eigenvalue weighted by Gasteiger charge is 2.25. The summed E-state index contributed by atoms with van der Waals surface area (Å²) < 4.78 is 3.07. The summed E-state index contributed by atoms with van der Waals surface area (Å²) in [5.74, 6) is -0.974. The fourth-order valence-corrected chi connectivity index (χ4v) is 5.38. The Hall–Kier alpha value is -2.53. The number of hydrogen-bond acceptors (Lipinski definition) is 6. The van der Waals surface area contributed by atoms with Crippen LogP contribution in [0.5, 0.6) is 0 Å². The first-order valence-corrected chi connectivity index (χ1v) is 10.3. The lowest BCUT2D eigenvalue weighted by Gasteiger charge is -2.11. The van der Waals surface area contributed by atoms with E-state index in [1.165, 1.54) is 26.9 Å². The number of primary amides is 1. The van der Waals surface area contributed by atoms with Crippen molar-refractivity contribution in [3.63, 3.8) is 0 Å². The van der Waals surface area contributed by atoms with Crippen molar-refractivity contribution in [3.05, 3.63) is 37.3 Å². The number of aromatic nitrogens is 4. The Morgan fingerprint density at radius 2 is 2.11 bits per heavy atom. The number of anilines is 1. The van der Waals surface area contributed by atoms with Crippen LogP contribution in [0.4, 0.5) is 5.00 Å². The lowest BCUT2D eigenvalue weighted by atomic mass is 9.95. The number of fused-ring (bicyclic) bond motifs is 2. The molecule has 0 fully saturated rings. The van der Waals surface area contributed by atoms with E-state index < -0.39 is 11.8 Å². The van der Waals surface area contributed by atoms with E-state index in [0.29, 0.717) is 26.2 Å². The average molecular weight is 465 g/mol. The van der Waals surface area contributed by atoms with E-state index in [2.05, 4.69) is 31.3 Å². The first-order valence-electron chi connectivity index (χ1n) is 8.68. The van der Waals surface area contributed by atoms with Gasteiger partial charge in [0.1, 0.15) is 27.9 Å². The van der Waals surface area contributed by atoms with Gasteiger partial charge in [-0.05, 0) is 47.2 Å². The van der Waals surface area contributed by atoms with E-state index in [4.69, 9.17) is 5.73 Å². The first-order chi connectivity index (χ1) is 13.4. The number of nitrogens with one attached hydrogen (secondary N) is 1. The third kappa shape index (κ3) is 3.14. The molecule has 0 radical (unpaired) electrons. The molecular weight excluding hydrogens is 448 g/mol. The van der Waals surface area contributed by atoms with Crippen molar-refractivity contribution in [1.82, 2.24) is 19.3 Å². The molecule has 0 bridgehead atoms. The highest BCUT2D eigenvalue weighted by Crippen LogP contribution is 2.37. The van der Waals surface area contributed by atoms with Crippen LogP contribution in [0, 0.1) is 0 Å². The fraction of sp³-hybridized carbons (Fsp3) is 0.353. The smallest absolute Gasteiger partial charge is 0.266 e. The van der Waals surface area contributed by atoms with Gasteiger partial charge in [-0.25, -0.2) is 9.67 Å². The summed E-state index contributed by atoms with van der Waals surface area (Å²) in [7, 11) is 1.68. The van der Waals surface area contributed by atoms with Gasteiger partial charge < -0.3 is 11.1 Å². The van der Waals surface area contributed by atoms with Gasteiger partial charge in [-0.1, -0.05) is 0 Å². The monoisotopic (exact) mass is 464 g/mol. The molecule has 28 heavy (non-hydrogen) atoms. The Labute approximate surface area is 171 Å². The second kappa shape index (κ2) is 7.13. The van der Waals surface area contributed by atoms with E-state index in [-0.39, 0.29) is 12.1 Å². The van der Waals surface area contributed by atoms with Gasteiger partial charge in [-0.3, -0.25) is 19.0 Å². The number of rotatable bonds is 4. The number of halogens is 1. The third-order valence-electron chi connectivity index (χ3n) is 4.75. The van der Waals surface area contributed by atoms with Gasteiger partial charge in [-0.15, -0.1) is 11.3 Å². The van der Waals surface area contributed by atoms with Crippen LogP contribution >= 0.6 is 27.3 Å². The summed E-state index contributed by atoms with van der Waals surface area (Å²) in [5, 5.41) is 7.63. The van der Waals surface area contributed by atoms with E-state index in [0.717, 1.165) is 36.1 Å².